The Morgan fingerprint density at radius 2 is 2.00 bits per heavy atom. The highest BCUT2D eigenvalue weighted by Gasteiger charge is 2.33. The van der Waals surface area contributed by atoms with E-state index in [1.165, 1.54) is 0 Å². The Hall–Kier alpha value is 0.440. The normalized spacial score (nSPS) is 16.1. The fourth-order valence-electron chi connectivity index (χ4n) is 0.231. The van der Waals surface area contributed by atoms with Gasteiger partial charge in [0.25, 0.3) is 0 Å². The molecule has 0 aromatic heterocycles. The molecule has 0 bridgehead atoms. The first-order chi connectivity index (χ1) is 3.48. The first-order valence-electron chi connectivity index (χ1n) is 2.19. The average molecular weight is 163 g/mol. The third-order valence-electron chi connectivity index (χ3n) is 0.714. The van der Waals surface area contributed by atoms with Gasteiger partial charge in [-0.3, -0.25) is 0 Å². The molecule has 0 rings (SSSR count). The topological polar surface area (TPSA) is 0 Å². The predicted molar refractivity (Wildman–Crippen MR) is 30.7 cm³/mol. The monoisotopic (exact) mass is 162 g/mol. The van der Waals surface area contributed by atoms with Crippen LogP contribution in [0.25, 0.3) is 0 Å². The molecule has 4 heteroatoms. The average Bonchev–Trinajstić information content (AvgIpc) is 1.62. The number of hydrogen-bond acceptors (Lipinski definition) is 0. The van der Waals surface area contributed by atoms with Gasteiger partial charge in [-0.05, 0) is 18.0 Å². The van der Waals surface area contributed by atoms with Crippen LogP contribution in [0.5, 0.6) is 0 Å². The maximum Gasteiger partial charge on any atom is 0.337 e. The molecule has 0 nitrogen and oxygen atoms in total. The van der Waals surface area contributed by atoms with Gasteiger partial charge in [0, 0.05) is 0 Å². The molecule has 0 N–H and O–H groups in total. The molecule has 8 heavy (non-hydrogen) atoms. The van der Waals surface area contributed by atoms with Gasteiger partial charge < -0.3 is 0 Å². The molecule has 0 radical (unpaired) electrons. The first-order valence-corrected chi connectivity index (χ1v) is 3.00. The minimum absolute atomic E-state index is 0.179. The third kappa shape index (κ3) is 2.68. The molecule has 0 amide bonds. The summed E-state index contributed by atoms with van der Waals surface area (Å²) in [4.78, 5) is 0. The Morgan fingerprint density at radius 3 is 2.00 bits per heavy atom. The van der Waals surface area contributed by atoms with Crippen LogP contribution in [0.4, 0.5) is 8.78 Å². The second-order valence-corrected chi connectivity index (χ2v) is 2.45. The van der Waals surface area contributed by atoms with Crippen molar-refractivity contribution >= 4 is 23.2 Å². The molecule has 0 spiro atoms. The Balaban J connectivity index is 3.62. The molecule has 0 aliphatic rings. The van der Waals surface area contributed by atoms with E-state index in [0.29, 0.717) is 0 Å². The van der Waals surface area contributed by atoms with Gasteiger partial charge in [0.05, 0.1) is 0 Å². The quantitative estimate of drug-likeness (QED) is 0.549. The molecule has 0 aromatic rings. The zero-order chi connectivity index (χ0) is 6.78. The molecule has 0 saturated carbocycles. The standard InChI is InChI=1S/C4H6Cl2F2/c1-2-3(5)4(6,7)8/h3H,2H2,1H3. The van der Waals surface area contributed by atoms with Crippen LogP contribution >= 0.6 is 23.2 Å². The number of hydrogen-bond donors (Lipinski definition) is 0. The predicted octanol–water partition coefficient (Wildman–Crippen LogP) is 2.84. The van der Waals surface area contributed by atoms with Crippen molar-refractivity contribution < 1.29 is 8.78 Å². The lowest BCUT2D eigenvalue weighted by molar-refractivity contribution is 0.0897. The van der Waals surface area contributed by atoms with Crippen molar-refractivity contribution in [1.29, 1.82) is 0 Å². The highest BCUT2D eigenvalue weighted by molar-refractivity contribution is 6.30. The van der Waals surface area contributed by atoms with E-state index in [1.807, 2.05) is 0 Å². The summed E-state index contributed by atoms with van der Waals surface area (Å²) in [7, 11) is 0. The molecule has 1 atom stereocenters. The van der Waals surface area contributed by atoms with Gasteiger partial charge in [0.1, 0.15) is 5.38 Å². The van der Waals surface area contributed by atoms with E-state index in [4.69, 9.17) is 11.6 Å². The van der Waals surface area contributed by atoms with Crippen molar-refractivity contribution in [3.05, 3.63) is 0 Å². The van der Waals surface area contributed by atoms with Crippen molar-refractivity contribution in [3.63, 3.8) is 0 Å². The smallest absolute Gasteiger partial charge is 0.187 e. The maximum atomic E-state index is 11.7. The molecule has 0 fully saturated rings. The zero-order valence-electron chi connectivity index (χ0n) is 4.30. The minimum atomic E-state index is -3.25. The van der Waals surface area contributed by atoms with Crippen LogP contribution in [0, 0.1) is 0 Å². The fraction of sp³-hybridized carbons (Fsp3) is 1.00. The highest BCUT2D eigenvalue weighted by atomic mass is 35.5. The van der Waals surface area contributed by atoms with Gasteiger partial charge in [-0.1, -0.05) is 6.92 Å². The summed E-state index contributed by atoms with van der Waals surface area (Å²) >= 11 is 9.58. The molecule has 0 heterocycles. The van der Waals surface area contributed by atoms with E-state index >= 15 is 0 Å². The van der Waals surface area contributed by atoms with E-state index < -0.39 is 10.8 Å². The third-order valence-corrected chi connectivity index (χ3v) is 1.67. The first kappa shape index (κ1) is 8.44. The van der Waals surface area contributed by atoms with Crippen molar-refractivity contribution in [2.75, 3.05) is 0 Å². The van der Waals surface area contributed by atoms with Crippen LogP contribution in [0.1, 0.15) is 13.3 Å². The molecular weight excluding hydrogens is 157 g/mol. The molecule has 0 aromatic carbocycles. The van der Waals surface area contributed by atoms with E-state index in [-0.39, 0.29) is 6.42 Å². The van der Waals surface area contributed by atoms with Crippen LogP contribution in [-0.4, -0.2) is 10.8 Å². The number of rotatable bonds is 2. The van der Waals surface area contributed by atoms with E-state index in [2.05, 4.69) is 11.6 Å². The fourth-order valence-corrected chi connectivity index (χ4v) is 0.386. The minimum Gasteiger partial charge on any atom is -0.187 e. The largest absolute Gasteiger partial charge is 0.337 e. The van der Waals surface area contributed by atoms with Crippen molar-refractivity contribution in [1.82, 2.24) is 0 Å². The highest BCUT2D eigenvalue weighted by Crippen LogP contribution is 2.29. The number of halogens is 4. The van der Waals surface area contributed by atoms with Crippen molar-refractivity contribution in [2.45, 2.75) is 24.1 Å². The van der Waals surface area contributed by atoms with Crippen molar-refractivity contribution in [2.24, 2.45) is 0 Å². The summed E-state index contributed by atoms with van der Waals surface area (Å²) in [6.07, 6.45) is 0.179. The lowest BCUT2D eigenvalue weighted by atomic mass is 10.3. The van der Waals surface area contributed by atoms with Gasteiger partial charge in [-0.25, -0.2) is 0 Å². The van der Waals surface area contributed by atoms with Crippen LogP contribution in [0.3, 0.4) is 0 Å². The Morgan fingerprint density at radius 1 is 1.62 bits per heavy atom. The molecule has 0 aliphatic carbocycles. The van der Waals surface area contributed by atoms with Gasteiger partial charge >= 0.3 is 5.38 Å². The Labute approximate surface area is 56.8 Å². The van der Waals surface area contributed by atoms with E-state index in [1.54, 1.807) is 6.92 Å². The van der Waals surface area contributed by atoms with Gasteiger partial charge in [-0.2, -0.15) is 8.78 Å². The van der Waals surface area contributed by atoms with Crippen LogP contribution < -0.4 is 0 Å². The Bertz CT molecular complexity index is 68.9. The van der Waals surface area contributed by atoms with Gasteiger partial charge in [0.15, 0.2) is 0 Å². The van der Waals surface area contributed by atoms with Crippen LogP contribution in [-0.2, 0) is 0 Å². The summed E-state index contributed by atoms with van der Waals surface area (Å²) in [5.41, 5.74) is 0. The maximum absolute atomic E-state index is 11.7. The molecule has 0 aliphatic heterocycles. The Kier molecular flexibility index (Phi) is 2.99. The van der Waals surface area contributed by atoms with Crippen LogP contribution in [0.15, 0.2) is 0 Å². The van der Waals surface area contributed by atoms with Gasteiger partial charge in [-0.15, -0.1) is 11.6 Å². The molecular formula is C4H6Cl2F2. The lowest BCUT2D eigenvalue weighted by Gasteiger charge is -2.11. The number of alkyl halides is 4. The second-order valence-electron chi connectivity index (χ2n) is 1.42. The molecule has 50 valence electrons. The zero-order valence-corrected chi connectivity index (χ0v) is 5.81. The van der Waals surface area contributed by atoms with Gasteiger partial charge in [0.2, 0.25) is 0 Å². The summed E-state index contributed by atoms with van der Waals surface area (Å²) in [6, 6.07) is 0. The molecule has 0 saturated heterocycles. The summed E-state index contributed by atoms with van der Waals surface area (Å²) in [5.74, 6) is 0. The summed E-state index contributed by atoms with van der Waals surface area (Å²) in [6.45, 7) is 1.55. The molecule has 1 unspecified atom stereocenters. The summed E-state index contributed by atoms with van der Waals surface area (Å²) < 4.78 is 23.5. The van der Waals surface area contributed by atoms with E-state index in [0.717, 1.165) is 0 Å². The van der Waals surface area contributed by atoms with Crippen molar-refractivity contribution in [3.8, 4) is 0 Å². The lowest BCUT2D eigenvalue weighted by Crippen LogP contribution is -2.20. The van der Waals surface area contributed by atoms with Crippen LogP contribution in [0.2, 0.25) is 0 Å². The SMILES string of the molecule is CCC(Cl)C(F)(F)Cl. The van der Waals surface area contributed by atoms with E-state index in [9.17, 15) is 8.78 Å². The second kappa shape index (κ2) is 2.83. The summed E-state index contributed by atoms with van der Waals surface area (Å²) in [5, 5.41) is -4.50.